The summed E-state index contributed by atoms with van der Waals surface area (Å²) in [5.74, 6) is -2.19. The van der Waals surface area contributed by atoms with E-state index in [2.05, 4.69) is 15.6 Å². The first-order valence-electron chi connectivity index (χ1n) is 8.70. The van der Waals surface area contributed by atoms with Crippen LogP contribution >= 0.6 is 0 Å². The summed E-state index contributed by atoms with van der Waals surface area (Å²) >= 11 is 0. The Labute approximate surface area is 161 Å². The summed E-state index contributed by atoms with van der Waals surface area (Å²) in [6.45, 7) is 5.13. The van der Waals surface area contributed by atoms with Gasteiger partial charge in [0.2, 0.25) is 0 Å². The van der Waals surface area contributed by atoms with Crippen LogP contribution in [0.15, 0.2) is 42.6 Å². The van der Waals surface area contributed by atoms with Gasteiger partial charge in [0.15, 0.2) is 0 Å². The molecule has 0 aliphatic rings. The summed E-state index contributed by atoms with van der Waals surface area (Å²) in [6.07, 6.45) is 1.63. The van der Waals surface area contributed by atoms with Gasteiger partial charge in [0.1, 0.15) is 11.7 Å². The number of benzene rings is 1. The molecular formula is C19H22N4O5. The van der Waals surface area contributed by atoms with Crippen molar-refractivity contribution in [2.45, 2.75) is 32.9 Å². The molecule has 1 aromatic carbocycles. The summed E-state index contributed by atoms with van der Waals surface area (Å²) in [5.41, 5.74) is 0.666. The summed E-state index contributed by atoms with van der Waals surface area (Å²) in [7, 11) is 0. The molecular weight excluding hydrogens is 364 g/mol. The number of anilines is 1. The number of nitrogens with zero attached hydrogens (tertiary/aromatic N) is 2. The van der Waals surface area contributed by atoms with Gasteiger partial charge in [-0.15, -0.1) is 0 Å². The lowest BCUT2D eigenvalue weighted by Crippen LogP contribution is -2.44. The molecule has 0 fully saturated rings. The number of pyridine rings is 1. The zero-order valence-electron chi connectivity index (χ0n) is 15.7. The van der Waals surface area contributed by atoms with Crippen LogP contribution in [0.25, 0.3) is 0 Å². The topological polar surface area (TPSA) is 134 Å². The van der Waals surface area contributed by atoms with Crippen LogP contribution in [0.1, 0.15) is 42.9 Å². The van der Waals surface area contributed by atoms with E-state index in [1.165, 1.54) is 12.1 Å². The number of rotatable bonds is 8. The van der Waals surface area contributed by atoms with Crippen molar-refractivity contribution in [2.75, 3.05) is 5.32 Å². The SMILES string of the molecule is CC(Nc1ccc(C(=O)N[C@H](C(=O)O)C(C)C)cc1[N+](=O)[O-])c1ccccn1. The summed E-state index contributed by atoms with van der Waals surface area (Å²) < 4.78 is 0. The summed E-state index contributed by atoms with van der Waals surface area (Å²) in [6, 6.07) is 7.96. The molecule has 0 bridgehead atoms. The number of aromatic nitrogens is 1. The maximum absolute atomic E-state index is 12.4. The number of carbonyl (C=O) groups excluding carboxylic acids is 1. The lowest BCUT2D eigenvalue weighted by molar-refractivity contribution is -0.384. The molecule has 0 saturated carbocycles. The van der Waals surface area contributed by atoms with Crippen molar-refractivity contribution in [1.29, 1.82) is 0 Å². The fraction of sp³-hybridized carbons (Fsp3) is 0.316. The van der Waals surface area contributed by atoms with Crippen molar-refractivity contribution in [3.63, 3.8) is 0 Å². The number of nitro groups is 1. The molecule has 2 aromatic rings. The Bertz CT molecular complexity index is 870. The van der Waals surface area contributed by atoms with Gasteiger partial charge in [-0.2, -0.15) is 0 Å². The van der Waals surface area contributed by atoms with Crippen molar-refractivity contribution < 1.29 is 19.6 Å². The van der Waals surface area contributed by atoms with Crippen LogP contribution in [0.2, 0.25) is 0 Å². The van der Waals surface area contributed by atoms with Gasteiger partial charge in [0.05, 0.1) is 16.7 Å². The smallest absolute Gasteiger partial charge is 0.326 e. The minimum absolute atomic E-state index is 0.00893. The maximum atomic E-state index is 12.4. The minimum Gasteiger partial charge on any atom is -0.480 e. The van der Waals surface area contributed by atoms with Gasteiger partial charge in [-0.05, 0) is 37.1 Å². The largest absolute Gasteiger partial charge is 0.480 e. The molecule has 0 radical (unpaired) electrons. The first-order valence-corrected chi connectivity index (χ1v) is 8.70. The Morgan fingerprint density at radius 1 is 1.18 bits per heavy atom. The van der Waals surface area contributed by atoms with Crippen molar-refractivity contribution in [3.05, 3.63) is 64.0 Å². The van der Waals surface area contributed by atoms with Gasteiger partial charge < -0.3 is 15.7 Å². The highest BCUT2D eigenvalue weighted by Crippen LogP contribution is 2.29. The summed E-state index contributed by atoms with van der Waals surface area (Å²) in [5, 5.41) is 26.1. The van der Waals surface area contributed by atoms with Gasteiger partial charge in [-0.1, -0.05) is 19.9 Å². The first kappa shape index (κ1) is 20.8. The van der Waals surface area contributed by atoms with E-state index in [1.54, 1.807) is 32.2 Å². The number of hydrogen-bond donors (Lipinski definition) is 3. The fourth-order valence-corrected chi connectivity index (χ4v) is 2.62. The average Bonchev–Trinajstić information content (AvgIpc) is 2.66. The number of aliphatic carboxylic acids is 1. The van der Waals surface area contributed by atoms with Gasteiger partial charge in [-0.25, -0.2) is 4.79 Å². The average molecular weight is 386 g/mol. The fourth-order valence-electron chi connectivity index (χ4n) is 2.62. The van der Waals surface area contributed by atoms with Gasteiger partial charge >= 0.3 is 5.97 Å². The van der Waals surface area contributed by atoms with Gasteiger partial charge in [0.25, 0.3) is 11.6 Å². The van der Waals surface area contributed by atoms with Crippen molar-refractivity contribution >= 4 is 23.3 Å². The molecule has 1 heterocycles. The van der Waals surface area contributed by atoms with E-state index in [0.717, 1.165) is 6.07 Å². The van der Waals surface area contributed by atoms with Crippen molar-refractivity contribution in [1.82, 2.24) is 10.3 Å². The number of amides is 1. The number of nitrogens with one attached hydrogen (secondary N) is 2. The Balaban J connectivity index is 2.26. The predicted molar refractivity (Wildman–Crippen MR) is 103 cm³/mol. The van der Waals surface area contributed by atoms with E-state index in [9.17, 15) is 24.8 Å². The Morgan fingerprint density at radius 2 is 1.89 bits per heavy atom. The molecule has 0 spiro atoms. The summed E-state index contributed by atoms with van der Waals surface area (Å²) in [4.78, 5) is 38.7. The second-order valence-electron chi connectivity index (χ2n) is 6.64. The molecule has 9 heteroatoms. The highest BCUT2D eigenvalue weighted by atomic mass is 16.6. The number of carboxylic acids is 1. The monoisotopic (exact) mass is 386 g/mol. The number of nitro benzene ring substituents is 1. The third-order valence-corrected chi connectivity index (χ3v) is 4.18. The zero-order valence-corrected chi connectivity index (χ0v) is 15.7. The lowest BCUT2D eigenvalue weighted by Gasteiger charge is -2.18. The van der Waals surface area contributed by atoms with Crippen LogP contribution in [0, 0.1) is 16.0 Å². The molecule has 9 nitrogen and oxygen atoms in total. The Kier molecular flexibility index (Phi) is 6.64. The number of hydrogen-bond acceptors (Lipinski definition) is 6. The van der Waals surface area contributed by atoms with Gasteiger partial charge in [0, 0.05) is 17.8 Å². The lowest BCUT2D eigenvalue weighted by atomic mass is 10.0. The molecule has 1 unspecified atom stereocenters. The highest BCUT2D eigenvalue weighted by Gasteiger charge is 2.25. The molecule has 0 aliphatic carbocycles. The highest BCUT2D eigenvalue weighted by molar-refractivity contribution is 5.97. The van der Waals surface area contributed by atoms with Crippen LogP contribution in [0.3, 0.4) is 0 Å². The van der Waals surface area contributed by atoms with Crippen molar-refractivity contribution in [2.24, 2.45) is 5.92 Å². The molecule has 2 rings (SSSR count). The normalized spacial score (nSPS) is 12.9. The number of carbonyl (C=O) groups is 2. The molecule has 148 valence electrons. The third-order valence-electron chi connectivity index (χ3n) is 4.18. The molecule has 1 amide bonds. The van der Waals surface area contributed by atoms with E-state index < -0.39 is 22.8 Å². The molecule has 3 N–H and O–H groups in total. The zero-order chi connectivity index (χ0) is 20.8. The van der Waals surface area contributed by atoms with Crippen molar-refractivity contribution in [3.8, 4) is 0 Å². The minimum atomic E-state index is -1.17. The molecule has 0 saturated heterocycles. The number of carboxylic acid groups (broad SMARTS) is 1. The van der Waals surface area contributed by atoms with Crippen LogP contribution in [0.4, 0.5) is 11.4 Å². The molecule has 1 aromatic heterocycles. The van der Waals surface area contributed by atoms with E-state index in [4.69, 9.17) is 0 Å². The quantitative estimate of drug-likeness (QED) is 0.469. The Morgan fingerprint density at radius 3 is 2.43 bits per heavy atom. The van der Waals surface area contributed by atoms with Crippen LogP contribution in [0.5, 0.6) is 0 Å². The van der Waals surface area contributed by atoms with E-state index >= 15 is 0 Å². The van der Waals surface area contributed by atoms with Gasteiger partial charge in [-0.3, -0.25) is 19.9 Å². The van der Waals surface area contributed by atoms with Crippen LogP contribution in [-0.2, 0) is 4.79 Å². The second kappa shape index (κ2) is 8.94. The maximum Gasteiger partial charge on any atom is 0.326 e. The molecule has 28 heavy (non-hydrogen) atoms. The first-order chi connectivity index (χ1) is 13.2. The van der Waals surface area contributed by atoms with E-state index in [-0.39, 0.29) is 28.9 Å². The standard InChI is InChI=1S/C19H22N4O5/c1-11(2)17(19(25)26)22-18(24)13-7-8-15(16(10-13)23(27)28)21-12(3)14-6-4-5-9-20-14/h4-12,17,21H,1-3H3,(H,22,24)(H,25,26)/t12?,17-/m0/s1. The van der Waals surface area contributed by atoms with Crippen LogP contribution in [-0.4, -0.2) is 32.9 Å². The second-order valence-corrected chi connectivity index (χ2v) is 6.64. The van der Waals surface area contributed by atoms with E-state index in [1.807, 2.05) is 13.0 Å². The van der Waals surface area contributed by atoms with Crippen LogP contribution < -0.4 is 10.6 Å². The van der Waals surface area contributed by atoms with E-state index in [0.29, 0.717) is 5.69 Å². The Hall–Kier alpha value is -3.49. The third kappa shape index (κ3) is 5.03. The molecule has 0 aliphatic heterocycles. The predicted octanol–water partition coefficient (Wildman–Crippen LogP) is 3.00. The molecule has 2 atom stereocenters.